The number of aliphatic carboxylic acids is 1. The first-order valence-electron chi connectivity index (χ1n) is 11.1. The molecule has 2 aromatic carbocycles. The molecular formula is C24H31F3N2O6S. The molecule has 3 N–H and O–H groups in total. The Bertz CT molecular complexity index is 1200. The third-order valence-corrected chi connectivity index (χ3v) is 6.83. The van der Waals surface area contributed by atoms with E-state index in [1.807, 2.05) is 31.7 Å². The lowest BCUT2D eigenvalue weighted by Crippen LogP contribution is -2.26. The van der Waals surface area contributed by atoms with Crippen molar-refractivity contribution in [2.45, 2.75) is 58.5 Å². The maximum atomic E-state index is 12.9. The Morgan fingerprint density at radius 3 is 2.00 bits per heavy atom. The number of alkyl halides is 3. The zero-order valence-corrected chi connectivity index (χ0v) is 21.5. The van der Waals surface area contributed by atoms with Gasteiger partial charge in [-0.2, -0.15) is 13.2 Å². The average molecular weight is 533 g/mol. The van der Waals surface area contributed by atoms with Gasteiger partial charge in [0.15, 0.2) is 0 Å². The van der Waals surface area contributed by atoms with Crippen LogP contribution >= 0.6 is 0 Å². The highest BCUT2D eigenvalue weighted by molar-refractivity contribution is 7.92. The summed E-state index contributed by atoms with van der Waals surface area (Å²) in [5.74, 6) is -3.84. The van der Waals surface area contributed by atoms with Crippen molar-refractivity contribution in [2.24, 2.45) is 0 Å². The topological polar surface area (TPSA) is 124 Å². The summed E-state index contributed by atoms with van der Waals surface area (Å²) in [5, 5.41) is 16.8. The van der Waals surface area contributed by atoms with Crippen molar-refractivity contribution >= 4 is 33.3 Å². The quantitative estimate of drug-likeness (QED) is 0.397. The smallest absolute Gasteiger partial charge is 0.478 e. The lowest BCUT2D eigenvalue weighted by Gasteiger charge is -2.25. The molecule has 12 heteroatoms. The van der Waals surface area contributed by atoms with E-state index in [0.717, 1.165) is 30.5 Å². The van der Waals surface area contributed by atoms with Gasteiger partial charge in [-0.3, -0.25) is 4.72 Å². The van der Waals surface area contributed by atoms with Crippen LogP contribution in [0.3, 0.4) is 0 Å². The molecule has 0 unspecified atom stereocenters. The summed E-state index contributed by atoms with van der Waals surface area (Å²) >= 11 is 0. The van der Waals surface area contributed by atoms with E-state index >= 15 is 0 Å². The number of aromatic carboxylic acids is 1. The van der Waals surface area contributed by atoms with Gasteiger partial charge in [-0.25, -0.2) is 18.0 Å². The van der Waals surface area contributed by atoms with E-state index in [9.17, 15) is 31.5 Å². The van der Waals surface area contributed by atoms with Crippen LogP contribution in [0.5, 0.6) is 0 Å². The van der Waals surface area contributed by atoms with Crippen LogP contribution in [0, 0.1) is 20.8 Å². The van der Waals surface area contributed by atoms with Crippen LogP contribution in [0.1, 0.15) is 53.7 Å². The fraction of sp³-hybridized carbons (Fsp3) is 0.417. The van der Waals surface area contributed by atoms with Gasteiger partial charge in [0, 0.05) is 18.8 Å². The lowest BCUT2D eigenvalue weighted by atomic mass is 10.1. The Morgan fingerprint density at radius 2 is 1.53 bits per heavy atom. The van der Waals surface area contributed by atoms with Gasteiger partial charge in [0.1, 0.15) is 0 Å². The normalized spacial score (nSPS) is 11.3. The summed E-state index contributed by atoms with van der Waals surface area (Å²) in [6.45, 7) is 11.0. The van der Waals surface area contributed by atoms with Crippen molar-refractivity contribution < 1.29 is 41.4 Å². The van der Waals surface area contributed by atoms with E-state index in [1.165, 1.54) is 6.07 Å². The minimum absolute atomic E-state index is 0.0833. The number of aryl methyl sites for hydroxylation is 3. The van der Waals surface area contributed by atoms with Gasteiger partial charge in [-0.1, -0.05) is 19.4 Å². The van der Waals surface area contributed by atoms with Crippen LogP contribution in [0.2, 0.25) is 0 Å². The highest BCUT2D eigenvalue weighted by Crippen LogP contribution is 2.28. The molecule has 0 saturated heterocycles. The molecule has 0 aliphatic rings. The third-order valence-electron chi connectivity index (χ3n) is 5.31. The zero-order valence-electron chi connectivity index (χ0n) is 20.7. The molecule has 0 aliphatic heterocycles. The number of nitrogens with zero attached hydrogens (tertiary/aromatic N) is 1. The van der Waals surface area contributed by atoms with Gasteiger partial charge >= 0.3 is 18.1 Å². The zero-order chi connectivity index (χ0) is 27.8. The van der Waals surface area contributed by atoms with Crippen LogP contribution in [0.15, 0.2) is 35.2 Å². The van der Waals surface area contributed by atoms with Crippen LogP contribution in [-0.4, -0.2) is 49.8 Å². The summed E-state index contributed by atoms with van der Waals surface area (Å²) in [4.78, 5) is 22.9. The van der Waals surface area contributed by atoms with Gasteiger partial charge in [-0.15, -0.1) is 0 Å². The number of anilines is 2. The van der Waals surface area contributed by atoms with Gasteiger partial charge in [0.25, 0.3) is 10.0 Å². The second-order valence-corrected chi connectivity index (χ2v) is 9.73. The fourth-order valence-electron chi connectivity index (χ4n) is 3.28. The molecule has 0 atom stereocenters. The summed E-state index contributed by atoms with van der Waals surface area (Å²) in [5.41, 5.74) is 3.46. The van der Waals surface area contributed by atoms with Crippen molar-refractivity contribution in [3.8, 4) is 0 Å². The number of carboxylic acid groups (broad SMARTS) is 2. The predicted molar refractivity (Wildman–Crippen MR) is 131 cm³/mol. The molecule has 2 rings (SSSR count). The molecule has 0 radical (unpaired) electrons. The van der Waals surface area contributed by atoms with E-state index in [-0.39, 0.29) is 16.1 Å². The van der Waals surface area contributed by atoms with E-state index in [1.54, 1.807) is 25.1 Å². The number of rotatable bonds is 9. The second kappa shape index (κ2) is 12.6. The molecular weight excluding hydrogens is 501 g/mol. The molecule has 0 fully saturated rings. The SMILES string of the molecule is CCCCN(CC)c1ccc(NS(=O)(=O)c2cc(C)c(C)cc2C)cc1C(=O)O.O=C(O)C(F)(F)F. The Kier molecular flexibility index (Phi) is 10.8. The van der Waals surface area contributed by atoms with Crippen LogP contribution in [0.4, 0.5) is 24.5 Å². The molecule has 0 aliphatic carbocycles. The minimum Gasteiger partial charge on any atom is -0.478 e. The van der Waals surface area contributed by atoms with Crippen LogP contribution in [-0.2, 0) is 14.8 Å². The van der Waals surface area contributed by atoms with E-state index in [0.29, 0.717) is 17.8 Å². The first-order valence-corrected chi connectivity index (χ1v) is 12.6. The number of unbranched alkanes of at least 4 members (excludes halogenated alkanes) is 1. The van der Waals surface area contributed by atoms with Gasteiger partial charge < -0.3 is 15.1 Å². The van der Waals surface area contributed by atoms with Gasteiger partial charge in [0.2, 0.25) is 0 Å². The van der Waals surface area contributed by atoms with Crippen molar-refractivity contribution in [1.29, 1.82) is 0 Å². The fourth-order valence-corrected chi connectivity index (χ4v) is 4.64. The largest absolute Gasteiger partial charge is 0.490 e. The Labute approximate surface area is 208 Å². The van der Waals surface area contributed by atoms with Crippen molar-refractivity contribution in [3.05, 3.63) is 52.6 Å². The number of halogens is 3. The highest BCUT2D eigenvalue weighted by atomic mass is 32.2. The average Bonchev–Trinajstić information content (AvgIpc) is 2.76. The number of hydrogen-bond donors (Lipinski definition) is 3. The molecule has 36 heavy (non-hydrogen) atoms. The third kappa shape index (κ3) is 8.43. The van der Waals surface area contributed by atoms with Crippen molar-refractivity contribution in [1.82, 2.24) is 0 Å². The maximum absolute atomic E-state index is 12.9. The highest BCUT2D eigenvalue weighted by Gasteiger charge is 2.38. The van der Waals surface area contributed by atoms with Crippen LogP contribution < -0.4 is 9.62 Å². The van der Waals surface area contributed by atoms with Crippen molar-refractivity contribution in [3.63, 3.8) is 0 Å². The molecule has 0 aromatic heterocycles. The number of benzene rings is 2. The second-order valence-electron chi connectivity index (χ2n) is 8.08. The predicted octanol–water partition coefficient (Wildman–Crippen LogP) is 5.37. The summed E-state index contributed by atoms with van der Waals surface area (Å²) in [6.07, 6.45) is -3.13. The summed E-state index contributed by atoms with van der Waals surface area (Å²) in [6, 6.07) is 8.16. The Morgan fingerprint density at radius 1 is 0.972 bits per heavy atom. The molecule has 0 saturated carbocycles. The maximum Gasteiger partial charge on any atom is 0.490 e. The van der Waals surface area contributed by atoms with Crippen molar-refractivity contribution in [2.75, 3.05) is 22.7 Å². The van der Waals surface area contributed by atoms with Crippen LogP contribution in [0.25, 0.3) is 0 Å². The molecule has 0 spiro atoms. The first kappa shape index (κ1) is 30.8. The summed E-state index contributed by atoms with van der Waals surface area (Å²) < 4.78 is 60.1. The van der Waals surface area contributed by atoms with E-state index in [4.69, 9.17) is 9.90 Å². The molecule has 0 amide bonds. The van der Waals surface area contributed by atoms with Gasteiger partial charge in [-0.05, 0) is 75.1 Å². The molecule has 0 heterocycles. The molecule has 0 bridgehead atoms. The monoisotopic (exact) mass is 532 g/mol. The number of carboxylic acids is 2. The number of hydrogen-bond acceptors (Lipinski definition) is 5. The number of sulfonamides is 1. The first-order chi connectivity index (χ1) is 16.5. The Balaban J connectivity index is 0.000000809. The van der Waals surface area contributed by atoms with E-state index in [2.05, 4.69) is 11.6 Å². The number of nitrogens with one attached hydrogen (secondary N) is 1. The molecule has 2 aromatic rings. The number of carbonyl (C=O) groups is 2. The lowest BCUT2D eigenvalue weighted by molar-refractivity contribution is -0.192. The van der Waals surface area contributed by atoms with Gasteiger partial charge in [0.05, 0.1) is 16.1 Å². The Hall–Kier alpha value is -3.28. The summed E-state index contributed by atoms with van der Waals surface area (Å²) in [7, 11) is -3.84. The minimum atomic E-state index is -5.08. The molecule has 8 nitrogen and oxygen atoms in total. The molecule has 200 valence electrons. The standard InChI is InChI=1S/C22H30N2O4S.C2HF3O2/c1-6-8-11-24(7-2)20-10-9-18(14-19(20)22(25)26)23-29(27,28)21-13-16(4)15(3)12-17(21)5;3-2(4,5)1(6)7/h9-10,12-14,23H,6-8,11H2,1-5H3,(H,25,26);(H,6,7). The van der Waals surface area contributed by atoms with E-state index < -0.39 is 28.1 Å².